The lowest BCUT2D eigenvalue weighted by Crippen LogP contribution is -1.99. The van der Waals surface area contributed by atoms with E-state index >= 15 is 0 Å². The van der Waals surface area contributed by atoms with Crippen LogP contribution >= 0.6 is 0 Å². The molecule has 0 spiro atoms. The Morgan fingerprint density at radius 3 is 1.90 bits per heavy atom. The van der Waals surface area contributed by atoms with E-state index in [4.69, 9.17) is 0 Å². The number of rotatable bonds is 0. The molecule has 1 rings (SSSR count). The van der Waals surface area contributed by atoms with Gasteiger partial charge in [-0.05, 0) is 34.5 Å². The minimum absolute atomic E-state index is 1.17. The van der Waals surface area contributed by atoms with Crippen molar-refractivity contribution in [3.05, 3.63) is 23.8 Å². The summed E-state index contributed by atoms with van der Waals surface area (Å²) >= 11 is 0. The molecule has 1 heteroatoms. The third kappa shape index (κ3) is 7.44. The zero-order chi connectivity index (χ0) is 7.98. The second kappa shape index (κ2) is 5.24. The third-order valence-electron chi connectivity index (χ3n) is 0.957. The van der Waals surface area contributed by atoms with E-state index in [1.807, 2.05) is 26.0 Å². The van der Waals surface area contributed by atoms with Gasteiger partial charge in [-0.1, -0.05) is 23.8 Å². The molecule has 1 aliphatic carbocycles. The molecule has 0 saturated carbocycles. The monoisotopic (exact) mass is 139 g/mol. The van der Waals surface area contributed by atoms with Crippen LogP contribution in [0.15, 0.2) is 23.8 Å². The van der Waals surface area contributed by atoms with Gasteiger partial charge in [0.1, 0.15) is 0 Å². The summed E-state index contributed by atoms with van der Waals surface area (Å²) in [5.74, 6) is 0. The first-order valence-electron chi connectivity index (χ1n) is 3.56. The first-order valence-corrected chi connectivity index (χ1v) is 3.56. The molecule has 0 aliphatic heterocycles. The molecular weight excluding hydrogens is 122 g/mol. The average molecular weight is 139 g/mol. The Labute approximate surface area is 64.0 Å². The maximum absolute atomic E-state index is 2.16. The molecule has 0 aromatic carbocycles. The van der Waals surface area contributed by atoms with Gasteiger partial charge in [-0.3, -0.25) is 0 Å². The molecule has 0 saturated heterocycles. The van der Waals surface area contributed by atoms with E-state index in [1.54, 1.807) is 0 Å². The van der Waals surface area contributed by atoms with Crippen molar-refractivity contribution in [1.29, 1.82) is 0 Å². The highest BCUT2D eigenvalue weighted by Crippen LogP contribution is 2.06. The van der Waals surface area contributed by atoms with E-state index in [-0.39, 0.29) is 0 Å². The number of allylic oxidation sites excluding steroid dienone is 4. The molecule has 0 fully saturated rings. The first kappa shape index (κ1) is 9.44. The molecule has 0 radical (unpaired) electrons. The van der Waals surface area contributed by atoms with Crippen molar-refractivity contribution < 1.29 is 0 Å². The van der Waals surface area contributed by atoms with Gasteiger partial charge in [0.05, 0.1) is 0 Å². The first-order chi connectivity index (χ1) is 4.63. The van der Waals surface area contributed by atoms with Gasteiger partial charge in [0, 0.05) is 0 Å². The Morgan fingerprint density at radius 2 is 1.80 bits per heavy atom. The van der Waals surface area contributed by atoms with E-state index < -0.39 is 0 Å². The summed E-state index contributed by atoms with van der Waals surface area (Å²) in [6.45, 7) is 2.14. The molecule has 0 N–H and O–H groups in total. The quantitative estimate of drug-likeness (QED) is 0.496. The molecule has 0 aromatic heterocycles. The van der Waals surface area contributed by atoms with Gasteiger partial charge in [0.2, 0.25) is 0 Å². The van der Waals surface area contributed by atoms with Crippen LogP contribution in [-0.4, -0.2) is 26.0 Å². The third-order valence-corrected chi connectivity index (χ3v) is 0.957. The molecule has 1 nitrogen and oxygen atoms in total. The molecule has 1 aliphatic rings. The summed E-state index contributed by atoms with van der Waals surface area (Å²) in [6, 6.07) is 0. The Morgan fingerprint density at radius 1 is 1.30 bits per heavy atom. The minimum Gasteiger partial charge on any atom is -0.312 e. The van der Waals surface area contributed by atoms with Gasteiger partial charge in [0.15, 0.2) is 0 Å². The summed E-state index contributed by atoms with van der Waals surface area (Å²) in [6.07, 6.45) is 7.56. The predicted octanol–water partition coefficient (Wildman–Crippen LogP) is 2.07. The Bertz CT molecular complexity index is 129. The molecule has 0 atom stereocenters. The summed E-state index contributed by atoms with van der Waals surface area (Å²) in [5.41, 5.74) is 1.47. The van der Waals surface area contributed by atoms with Gasteiger partial charge >= 0.3 is 0 Å². The van der Waals surface area contributed by atoms with Crippen molar-refractivity contribution in [2.45, 2.75) is 13.3 Å². The fourth-order valence-electron chi connectivity index (χ4n) is 0.554. The maximum Gasteiger partial charge on any atom is -0.0135 e. The largest absolute Gasteiger partial charge is 0.312 e. The fraction of sp³-hybridized carbons (Fsp3) is 0.556. The molecule has 0 unspecified atom stereocenters. The lowest BCUT2D eigenvalue weighted by Gasteiger charge is -1.90. The Balaban J connectivity index is 0.000000180. The van der Waals surface area contributed by atoms with Crippen LogP contribution in [0.4, 0.5) is 0 Å². The highest BCUT2D eigenvalue weighted by molar-refractivity contribution is 5.20. The summed E-state index contributed by atoms with van der Waals surface area (Å²) in [7, 11) is 6.00. The van der Waals surface area contributed by atoms with Crippen LogP contribution in [-0.2, 0) is 0 Å². The number of nitrogens with zero attached hydrogens (tertiary/aromatic N) is 1. The Kier molecular flexibility index (Phi) is 4.95. The Hall–Kier alpha value is -0.560. The van der Waals surface area contributed by atoms with Crippen molar-refractivity contribution in [3.8, 4) is 0 Å². The zero-order valence-electron chi connectivity index (χ0n) is 7.39. The van der Waals surface area contributed by atoms with Crippen molar-refractivity contribution in [2.75, 3.05) is 21.1 Å². The highest BCUT2D eigenvalue weighted by atomic mass is 15.0. The van der Waals surface area contributed by atoms with Crippen LogP contribution in [0.25, 0.3) is 0 Å². The van der Waals surface area contributed by atoms with Crippen molar-refractivity contribution >= 4 is 0 Å². The molecule has 0 aromatic rings. The minimum atomic E-state index is 1.17. The standard InChI is InChI=1S/C6H8.C3H9N/c1-6-4-2-3-5-6;1-4(2)3/h2-4H,5H2,1H3;1-3H3. The summed E-state index contributed by atoms with van der Waals surface area (Å²) < 4.78 is 0. The van der Waals surface area contributed by atoms with Crippen molar-refractivity contribution in [2.24, 2.45) is 0 Å². The van der Waals surface area contributed by atoms with Gasteiger partial charge in [-0.15, -0.1) is 0 Å². The number of hydrogen-bond acceptors (Lipinski definition) is 1. The molecule has 0 amide bonds. The van der Waals surface area contributed by atoms with Gasteiger partial charge in [-0.2, -0.15) is 0 Å². The highest BCUT2D eigenvalue weighted by Gasteiger charge is 1.86. The molecule has 0 bridgehead atoms. The smallest absolute Gasteiger partial charge is 0.0135 e. The molecule has 10 heavy (non-hydrogen) atoms. The van der Waals surface area contributed by atoms with E-state index in [0.717, 1.165) is 0 Å². The van der Waals surface area contributed by atoms with Crippen LogP contribution in [0, 0.1) is 0 Å². The fourth-order valence-corrected chi connectivity index (χ4v) is 0.554. The van der Waals surface area contributed by atoms with E-state index in [0.29, 0.717) is 0 Å². The summed E-state index contributed by atoms with van der Waals surface area (Å²) in [4.78, 5) is 2.00. The van der Waals surface area contributed by atoms with E-state index in [9.17, 15) is 0 Å². The lowest BCUT2D eigenvalue weighted by atomic mass is 10.3. The van der Waals surface area contributed by atoms with Crippen LogP contribution < -0.4 is 0 Å². The van der Waals surface area contributed by atoms with Crippen LogP contribution in [0.3, 0.4) is 0 Å². The van der Waals surface area contributed by atoms with Gasteiger partial charge < -0.3 is 4.90 Å². The van der Waals surface area contributed by atoms with Crippen LogP contribution in [0.1, 0.15) is 13.3 Å². The van der Waals surface area contributed by atoms with Crippen LogP contribution in [0.2, 0.25) is 0 Å². The second-order valence-electron chi connectivity index (χ2n) is 2.99. The lowest BCUT2D eigenvalue weighted by molar-refractivity contribution is 0.505. The van der Waals surface area contributed by atoms with E-state index in [2.05, 4.69) is 25.2 Å². The number of hydrogen-bond donors (Lipinski definition) is 0. The van der Waals surface area contributed by atoms with Crippen molar-refractivity contribution in [3.63, 3.8) is 0 Å². The van der Waals surface area contributed by atoms with Crippen LogP contribution in [0.5, 0.6) is 0 Å². The SMILES string of the molecule is CC1=CC=CC1.CN(C)C. The van der Waals surface area contributed by atoms with Crippen molar-refractivity contribution in [1.82, 2.24) is 4.90 Å². The average Bonchev–Trinajstić information content (AvgIpc) is 2.15. The normalized spacial score (nSPS) is 14.7. The molecule has 0 heterocycles. The predicted molar refractivity (Wildman–Crippen MR) is 47.1 cm³/mol. The molecule has 58 valence electrons. The van der Waals surface area contributed by atoms with Gasteiger partial charge in [-0.25, -0.2) is 0 Å². The zero-order valence-corrected chi connectivity index (χ0v) is 7.39. The van der Waals surface area contributed by atoms with E-state index in [1.165, 1.54) is 12.0 Å². The summed E-state index contributed by atoms with van der Waals surface area (Å²) in [5, 5.41) is 0. The topological polar surface area (TPSA) is 3.24 Å². The van der Waals surface area contributed by atoms with Gasteiger partial charge in [0.25, 0.3) is 0 Å². The molecular formula is C9H17N. The second-order valence-corrected chi connectivity index (χ2v) is 2.99. The maximum atomic E-state index is 2.16.